The molecule has 5 nitrogen and oxygen atoms in total. The summed E-state index contributed by atoms with van der Waals surface area (Å²) in [6.07, 6.45) is 3.49. The van der Waals surface area contributed by atoms with Gasteiger partial charge in [0.2, 0.25) is 0 Å². The van der Waals surface area contributed by atoms with Gasteiger partial charge in [-0.15, -0.1) is 0 Å². The van der Waals surface area contributed by atoms with Gasteiger partial charge in [-0.25, -0.2) is 4.39 Å². The Labute approximate surface area is 109 Å². The van der Waals surface area contributed by atoms with Crippen LogP contribution in [0.5, 0.6) is 5.75 Å². The maximum atomic E-state index is 13.2. The summed E-state index contributed by atoms with van der Waals surface area (Å²) < 4.78 is 20.5. The van der Waals surface area contributed by atoms with Crippen LogP contribution in [0.25, 0.3) is 0 Å². The summed E-state index contributed by atoms with van der Waals surface area (Å²) in [7, 11) is 0. The molecule has 0 saturated carbocycles. The Morgan fingerprint density at radius 1 is 1.53 bits per heavy atom. The zero-order valence-corrected chi connectivity index (χ0v) is 10.5. The summed E-state index contributed by atoms with van der Waals surface area (Å²) in [6.45, 7) is 2.52. The Kier molecular flexibility index (Phi) is 4.12. The quantitative estimate of drug-likeness (QED) is 0.511. The Morgan fingerprint density at radius 2 is 2.37 bits per heavy atom. The molecule has 0 aliphatic carbocycles. The van der Waals surface area contributed by atoms with Gasteiger partial charge in [-0.05, 0) is 25.1 Å². The van der Waals surface area contributed by atoms with Crippen LogP contribution in [0.1, 0.15) is 12.5 Å². The highest BCUT2D eigenvalue weighted by atomic mass is 19.1. The van der Waals surface area contributed by atoms with Gasteiger partial charge in [0.25, 0.3) is 0 Å². The minimum Gasteiger partial charge on any atom is -0.491 e. The van der Waals surface area contributed by atoms with Gasteiger partial charge in [-0.3, -0.25) is 4.68 Å². The predicted molar refractivity (Wildman–Crippen MR) is 68.1 cm³/mol. The molecule has 0 spiro atoms. The molecule has 1 N–H and O–H groups in total. The molecule has 1 aromatic carbocycles. The largest absolute Gasteiger partial charge is 0.491 e. The molecule has 0 amide bonds. The molecule has 19 heavy (non-hydrogen) atoms. The van der Waals surface area contributed by atoms with Gasteiger partial charge in [0, 0.05) is 24.0 Å². The Bertz CT molecular complexity index is 567. The molecule has 1 heterocycles. The van der Waals surface area contributed by atoms with Gasteiger partial charge in [-0.2, -0.15) is 5.10 Å². The van der Waals surface area contributed by atoms with E-state index in [1.165, 1.54) is 18.2 Å². The molecule has 0 saturated heterocycles. The van der Waals surface area contributed by atoms with Crippen molar-refractivity contribution in [3.05, 3.63) is 48.0 Å². The van der Waals surface area contributed by atoms with E-state index in [1.54, 1.807) is 17.8 Å². The molecule has 2 rings (SSSR count). The van der Waals surface area contributed by atoms with Crippen LogP contribution in [0, 0.1) is 5.82 Å². The third-order valence-corrected chi connectivity index (χ3v) is 2.62. The average molecular weight is 263 g/mol. The summed E-state index contributed by atoms with van der Waals surface area (Å²) in [6, 6.07) is 5.90. The normalized spacial score (nSPS) is 11.6. The Hall–Kier alpha value is -2.37. The molecule has 0 atom stereocenters. The zero-order chi connectivity index (χ0) is 13.7. The number of aromatic nitrogens is 2. The molecule has 0 aliphatic heterocycles. The lowest BCUT2D eigenvalue weighted by Gasteiger charge is -2.11. The number of hydrogen-bond donors (Lipinski definition) is 1. The predicted octanol–water partition coefficient (Wildman–Crippen LogP) is 2.30. The summed E-state index contributed by atoms with van der Waals surface area (Å²) in [5, 5.41) is 15.9. The van der Waals surface area contributed by atoms with E-state index >= 15 is 0 Å². The van der Waals surface area contributed by atoms with Gasteiger partial charge in [0.05, 0.1) is 12.3 Å². The van der Waals surface area contributed by atoms with E-state index in [-0.39, 0.29) is 0 Å². The van der Waals surface area contributed by atoms with Crippen molar-refractivity contribution in [2.45, 2.75) is 13.5 Å². The molecule has 0 aliphatic rings. The molecule has 0 unspecified atom stereocenters. The number of halogens is 1. The summed E-state index contributed by atoms with van der Waals surface area (Å²) >= 11 is 0. The van der Waals surface area contributed by atoms with Crippen LogP contribution in [-0.2, 0) is 6.54 Å². The molecule has 0 radical (unpaired) electrons. The van der Waals surface area contributed by atoms with Crippen LogP contribution in [0.15, 0.2) is 41.8 Å². The maximum Gasteiger partial charge on any atom is 0.131 e. The lowest BCUT2D eigenvalue weighted by Crippen LogP contribution is -2.10. The molecule has 2 aromatic rings. The first-order valence-electron chi connectivity index (χ1n) is 5.79. The molecule has 0 fully saturated rings. The maximum absolute atomic E-state index is 13.2. The number of nitrogens with zero attached hydrogens (tertiary/aromatic N) is 3. The van der Waals surface area contributed by atoms with Gasteiger partial charge in [-0.1, -0.05) is 5.16 Å². The van der Waals surface area contributed by atoms with Crippen molar-refractivity contribution in [2.75, 3.05) is 6.61 Å². The Morgan fingerprint density at radius 3 is 3.05 bits per heavy atom. The number of hydrogen-bond acceptors (Lipinski definition) is 4. The first-order valence-corrected chi connectivity index (χ1v) is 5.79. The van der Waals surface area contributed by atoms with Crippen molar-refractivity contribution >= 4 is 5.71 Å². The van der Waals surface area contributed by atoms with Crippen LogP contribution >= 0.6 is 0 Å². The van der Waals surface area contributed by atoms with E-state index in [2.05, 4.69) is 10.3 Å². The van der Waals surface area contributed by atoms with Crippen LogP contribution < -0.4 is 4.74 Å². The van der Waals surface area contributed by atoms with Crippen LogP contribution in [0.2, 0.25) is 0 Å². The number of oxime groups is 1. The van der Waals surface area contributed by atoms with E-state index in [4.69, 9.17) is 9.94 Å². The third kappa shape index (κ3) is 3.31. The van der Waals surface area contributed by atoms with Gasteiger partial charge in [0.1, 0.15) is 18.2 Å². The van der Waals surface area contributed by atoms with Crippen molar-refractivity contribution in [1.29, 1.82) is 0 Å². The first kappa shape index (κ1) is 13.1. The van der Waals surface area contributed by atoms with E-state index in [0.717, 1.165) is 0 Å². The summed E-state index contributed by atoms with van der Waals surface area (Å²) in [5.74, 6) is -0.0500. The van der Waals surface area contributed by atoms with Gasteiger partial charge < -0.3 is 9.94 Å². The molecule has 0 bridgehead atoms. The number of benzene rings is 1. The van der Waals surface area contributed by atoms with E-state index < -0.39 is 5.82 Å². The topological polar surface area (TPSA) is 59.6 Å². The smallest absolute Gasteiger partial charge is 0.131 e. The van der Waals surface area contributed by atoms with Crippen molar-refractivity contribution in [1.82, 2.24) is 9.78 Å². The number of ether oxygens (including phenoxy) is 1. The lowest BCUT2D eigenvalue weighted by atomic mass is 10.1. The second-order valence-corrected chi connectivity index (χ2v) is 3.94. The minimum atomic E-state index is -0.399. The fourth-order valence-corrected chi connectivity index (χ4v) is 1.65. The van der Waals surface area contributed by atoms with Gasteiger partial charge in [0.15, 0.2) is 0 Å². The fraction of sp³-hybridized carbons (Fsp3) is 0.231. The minimum absolute atomic E-state index is 0.344. The second-order valence-electron chi connectivity index (χ2n) is 3.94. The molecular formula is C13H14FN3O2. The van der Waals surface area contributed by atoms with Crippen molar-refractivity contribution < 1.29 is 14.3 Å². The van der Waals surface area contributed by atoms with E-state index in [1.807, 2.05) is 12.3 Å². The summed E-state index contributed by atoms with van der Waals surface area (Å²) in [5.41, 5.74) is 0.929. The van der Waals surface area contributed by atoms with Crippen molar-refractivity contribution in [3.8, 4) is 5.75 Å². The zero-order valence-electron chi connectivity index (χ0n) is 10.5. The monoisotopic (exact) mass is 263 g/mol. The SMILES string of the molecule is CC(=NO)c1ccc(F)cc1OCCn1cccn1. The highest BCUT2D eigenvalue weighted by Gasteiger charge is 2.09. The molecule has 6 heteroatoms. The Balaban J connectivity index is 2.08. The second kappa shape index (κ2) is 5.99. The third-order valence-electron chi connectivity index (χ3n) is 2.62. The number of rotatable bonds is 5. The van der Waals surface area contributed by atoms with Crippen molar-refractivity contribution in [3.63, 3.8) is 0 Å². The summed E-state index contributed by atoms with van der Waals surface area (Å²) in [4.78, 5) is 0. The molecule has 100 valence electrons. The van der Waals surface area contributed by atoms with Crippen molar-refractivity contribution in [2.24, 2.45) is 5.16 Å². The van der Waals surface area contributed by atoms with Crippen LogP contribution in [0.3, 0.4) is 0 Å². The van der Waals surface area contributed by atoms with Crippen LogP contribution in [-0.4, -0.2) is 27.3 Å². The highest BCUT2D eigenvalue weighted by Crippen LogP contribution is 2.21. The lowest BCUT2D eigenvalue weighted by molar-refractivity contribution is 0.288. The van der Waals surface area contributed by atoms with E-state index in [0.29, 0.717) is 30.2 Å². The van der Waals surface area contributed by atoms with Crippen LogP contribution in [0.4, 0.5) is 4.39 Å². The molecular weight excluding hydrogens is 249 g/mol. The van der Waals surface area contributed by atoms with E-state index in [9.17, 15) is 4.39 Å². The standard InChI is InChI=1S/C13H14FN3O2/c1-10(16-18)12-4-3-11(14)9-13(12)19-8-7-17-6-2-5-15-17/h2-6,9,18H,7-8H2,1H3. The van der Waals surface area contributed by atoms with Gasteiger partial charge >= 0.3 is 0 Å². The fourth-order valence-electron chi connectivity index (χ4n) is 1.65. The highest BCUT2D eigenvalue weighted by molar-refractivity contribution is 6.00. The molecule has 1 aromatic heterocycles. The average Bonchev–Trinajstić information content (AvgIpc) is 2.91. The first-order chi connectivity index (χ1) is 9.20.